The van der Waals surface area contributed by atoms with E-state index in [2.05, 4.69) is 24.1 Å². The summed E-state index contributed by atoms with van der Waals surface area (Å²) in [5.74, 6) is 2.59. The topological polar surface area (TPSA) is 15.3 Å². The lowest BCUT2D eigenvalue weighted by Crippen LogP contribution is -2.45. The van der Waals surface area contributed by atoms with Crippen LogP contribution in [0.3, 0.4) is 0 Å². The molecule has 2 nitrogen and oxygen atoms in total. The molecule has 0 radical (unpaired) electrons. The molecule has 1 saturated carbocycles. The van der Waals surface area contributed by atoms with Crippen molar-refractivity contribution in [3.63, 3.8) is 0 Å². The van der Waals surface area contributed by atoms with Gasteiger partial charge in [0.05, 0.1) is 0 Å². The Morgan fingerprint density at radius 3 is 1.95 bits per heavy atom. The summed E-state index contributed by atoms with van der Waals surface area (Å²) in [7, 11) is 0. The number of nitrogens with one attached hydrogen (secondary N) is 1. The predicted octanol–water partition coefficient (Wildman–Crippen LogP) is 4.75. The maximum absolute atomic E-state index is 12.3. The van der Waals surface area contributed by atoms with Gasteiger partial charge in [0, 0.05) is 12.6 Å². The Balaban J connectivity index is 0.00000116. The second kappa shape index (κ2) is 10.5. The maximum Gasteiger partial charge on any atom is 0.292 e. The maximum atomic E-state index is 12.3. The van der Waals surface area contributed by atoms with Crippen LogP contribution >= 0.6 is 0 Å². The number of rotatable bonds is 5. The van der Waals surface area contributed by atoms with Crippen LogP contribution in [-0.2, 0) is 0 Å². The van der Waals surface area contributed by atoms with E-state index in [9.17, 15) is 8.78 Å². The molecule has 132 valence electrons. The molecule has 1 N–H and O–H groups in total. The molecule has 0 bridgehead atoms. The van der Waals surface area contributed by atoms with Crippen LogP contribution in [0.15, 0.2) is 0 Å². The average molecular weight is 318 g/mol. The summed E-state index contributed by atoms with van der Waals surface area (Å²) < 4.78 is 24.5. The van der Waals surface area contributed by atoms with Gasteiger partial charge in [-0.2, -0.15) is 8.78 Å². The van der Waals surface area contributed by atoms with Gasteiger partial charge in [-0.15, -0.1) is 0 Å². The lowest BCUT2D eigenvalue weighted by atomic mass is 9.77. The normalized spacial score (nSPS) is 27.8. The minimum atomic E-state index is -2.36. The Hall–Kier alpha value is -0.220. The third-order valence-corrected chi connectivity index (χ3v) is 5.30. The standard InChI is InChI=1S/C16H30F2N2.C2H6/c1-12(2)14-5-3-13(4-6-14)11-20-9-7-15(8-10-20)19-16(17)18;1-2/h12-16,19H,3-11H2,1-2H3;1-2H3. The Morgan fingerprint density at radius 1 is 0.955 bits per heavy atom. The van der Waals surface area contributed by atoms with Crippen LogP contribution in [0.1, 0.15) is 66.2 Å². The lowest BCUT2D eigenvalue weighted by molar-refractivity contribution is 0.0683. The Bertz CT molecular complexity index is 268. The van der Waals surface area contributed by atoms with E-state index in [0.717, 1.165) is 43.7 Å². The second-order valence-electron chi connectivity index (χ2n) is 7.07. The zero-order valence-electron chi connectivity index (χ0n) is 15.0. The van der Waals surface area contributed by atoms with Crippen LogP contribution in [0.25, 0.3) is 0 Å². The van der Waals surface area contributed by atoms with Gasteiger partial charge in [0.2, 0.25) is 0 Å². The second-order valence-corrected chi connectivity index (χ2v) is 7.07. The van der Waals surface area contributed by atoms with Crippen LogP contribution in [0.2, 0.25) is 0 Å². The fourth-order valence-electron chi connectivity index (χ4n) is 3.86. The molecule has 0 aromatic rings. The van der Waals surface area contributed by atoms with E-state index in [1.54, 1.807) is 0 Å². The highest BCUT2D eigenvalue weighted by atomic mass is 19.3. The number of piperidine rings is 1. The number of nitrogens with zero attached hydrogens (tertiary/aromatic N) is 1. The smallest absolute Gasteiger partial charge is 0.292 e. The summed E-state index contributed by atoms with van der Waals surface area (Å²) in [4.78, 5) is 2.49. The molecule has 2 fully saturated rings. The van der Waals surface area contributed by atoms with Crippen LogP contribution in [0.4, 0.5) is 8.78 Å². The zero-order valence-corrected chi connectivity index (χ0v) is 15.0. The molecule has 0 aromatic heterocycles. The molecule has 0 unspecified atom stereocenters. The van der Waals surface area contributed by atoms with Crippen molar-refractivity contribution < 1.29 is 8.78 Å². The fourth-order valence-corrected chi connectivity index (χ4v) is 3.86. The third-order valence-electron chi connectivity index (χ3n) is 5.30. The average Bonchev–Trinajstić information content (AvgIpc) is 2.51. The molecule has 1 saturated heterocycles. The quantitative estimate of drug-likeness (QED) is 0.736. The molecule has 1 aliphatic carbocycles. The van der Waals surface area contributed by atoms with E-state index in [4.69, 9.17) is 0 Å². The van der Waals surface area contributed by atoms with Crippen molar-refractivity contribution in [2.24, 2.45) is 17.8 Å². The van der Waals surface area contributed by atoms with Gasteiger partial charge < -0.3 is 4.90 Å². The van der Waals surface area contributed by atoms with Crippen molar-refractivity contribution >= 4 is 0 Å². The molecular formula is C18H36F2N2. The van der Waals surface area contributed by atoms with Crippen molar-refractivity contribution in [3.05, 3.63) is 0 Å². The zero-order chi connectivity index (χ0) is 16.5. The van der Waals surface area contributed by atoms with Crippen molar-refractivity contribution in [3.8, 4) is 0 Å². The first kappa shape index (κ1) is 19.8. The van der Waals surface area contributed by atoms with Crippen molar-refractivity contribution in [1.29, 1.82) is 0 Å². The molecule has 2 rings (SSSR count). The number of halogens is 2. The first-order chi connectivity index (χ1) is 10.5. The van der Waals surface area contributed by atoms with E-state index in [1.807, 2.05) is 13.8 Å². The first-order valence-corrected chi connectivity index (χ1v) is 9.31. The highest BCUT2D eigenvalue weighted by molar-refractivity contribution is 4.81. The Labute approximate surface area is 136 Å². The largest absolute Gasteiger partial charge is 0.303 e. The third kappa shape index (κ3) is 6.91. The summed E-state index contributed by atoms with van der Waals surface area (Å²) in [5, 5.41) is 2.36. The highest BCUT2D eigenvalue weighted by Crippen LogP contribution is 2.33. The monoisotopic (exact) mass is 318 g/mol. The fraction of sp³-hybridized carbons (Fsp3) is 1.00. The minimum absolute atomic E-state index is 0.0166. The van der Waals surface area contributed by atoms with Gasteiger partial charge in [-0.3, -0.25) is 5.32 Å². The van der Waals surface area contributed by atoms with Gasteiger partial charge in [-0.05, 0) is 69.4 Å². The van der Waals surface area contributed by atoms with Crippen LogP contribution in [0, 0.1) is 17.8 Å². The SMILES string of the molecule is CC.CC(C)C1CCC(CN2CCC(NC(F)F)CC2)CC1. The first-order valence-electron chi connectivity index (χ1n) is 9.31. The molecule has 0 atom stereocenters. The Morgan fingerprint density at radius 2 is 1.50 bits per heavy atom. The summed E-state index contributed by atoms with van der Waals surface area (Å²) in [6, 6.07) is 0.0166. The van der Waals surface area contributed by atoms with E-state index in [0.29, 0.717) is 0 Å². The summed E-state index contributed by atoms with van der Waals surface area (Å²) >= 11 is 0. The predicted molar refractivity (Wildman–Crippen MR) is 90.2 cm³/mol. The van der Waals surface area contributed by atoms with Gasteiger partial charge in [0.1, 0.15) is 0 Å². The minimum Gasteiger partial charge on any atom is -0.303 e. The highest BCUT2D eigenvalue weighted by Gasteiger charge is 2.27. The lowest BCUT2D eigenvalue weighted by Gasteiger charge is -2.37. The molecule has 1 aliphatic heterocycles. The van der Waals surface area contributed by atoms with Gasteiger partial charge >= 0.3 is 0 Å². The van der Waals surface area contributed by atoms with Gasteiger partial charge in [0.15, 0.2) is 0 Å². The van der Waals surface area contributed by atoms with Crippen molar-refractivity contribution in [2.75, 3.05) is 19.6 Å². The number of hydrogen-bond donors (Lipinski definition) is 1. The molecule has 0 spiro atoms. The van der Waals surface area contributed by atoms with Gasteiger partial charge in [-0.1, -0.05) is 27.7 Å². The Kier molecular flexibility index (Phi) is 9.49. The van der Waals surface area contributed by atoms with Crippen molar-refractivity contribution in [1.82, 2.24) is 10.2 Å². The summed E-state index contributed by atoms with van der Waals surface area (Å²) in [6.45, 7) is 9.46. The number of alkyl halides is 2. The van der Waals surface area contributed by atoms with E-state index in [-0.39, 0.29) is 6.04 Å². The van der Waals surface area contributed by atoms with Crippen LogP contribution in [0.5, 0.6) is 0 Å². The molecule has 2 aliphatic rings. The molecule has 4 heteroatoms. The molecule has 0 amide bonds. The number of likely N-dealkylation sites (tertiary alicyclic amines) is 1. The summed E-state index contributed by atoms with van der Waals surface area (Å²) in [6.07, 6.45) is 7.21. The van der Waals surface area contributed by atoms with E-state index < -0.39 is 6.55 Å². The van der Waals surface area contributed by atoms with E-state index >= 15 is 0 Å². The molecule has 0 aromatic carbocycles. The molecular weight excluding hydrogens is 282 g/mol. The van der Waals surface area contributed by atoms with Crippen molar-refractivity contribution in [2.45, 2.75) is 78.8 Å². The molecule has 22 heavy (non-hydrogen) atoms. The van der Waals surface area contributed by atoms with Gasteiger partial charge in [-0.25, -0.2) is 0 Å². The van der Waals surface area contributed by atoms with Crippen LogP contribution in [-0.4, -0.2) is 37.1 Å². The van der Waals surface area contributed by atoms with Gasteiger partial charge in [0.25, 0.3) is 6.55 Å². The van der Waals surface area contributed by atoms with Crippen LogP contribution < -0.4 is 5.32 Å². The molecule has 1 heterocycles. The van der Waals surface area contributed by atoms with E-state index in [1.165, 1.54) is 32.2 Å². The summed E-state index contributed by atoms with van der Waals surface area (Å²) in [5.41, 5.74) is 0. The number of hydrogen-bond acceptors (Lipinski definition) is 2.